The minimum atomic E-state index is 0.168. The molecule has 0 spiro atoms. The van der Waals surface area contributed by atoms with Gasteiger partial charge >= 0.3 is 0 Å². The number of methoxy groups -OCH3 is 1. The molecule has 1 aromatic rings. The summed E-state index contributed by atoms with van der Waals surface area (Å²) < 4.78 is 5.50. The Balaban J connectivity index is 2.15. The van der Waals surface area contributed by atoms with Crippen molar-refractivity contribution in [2.75, 3.05) is 27.7 Å². The molecule has 3 heteroatoms. The molecule has 1 aromatic carbocycles. The Kier molecular flexibility index (Phi) is 3.77. The van der Waals surface area contributed by atoms with Gasteiger partial charge in [0.05, 0.1) is 7.11 Å². The predicted molar refractivity (Wildman–Crippen MR) is 91.7 cm³/mol. The first kappa shape index (κ1) is 15.8. The maximum Gasteiger partial charge on any atom is 0.119 e. The summed E-state index contributed by atoms with van der Waals surface area (Å²) in [5.41, 5.74) is 3.48. The highest BCUT2D eigenvalue weighted by molar-refractivity contribution is 5.47. The normalized spacial score (nSPS) is 36.5. The molecule has 4 atom stereocenters. The zero-order valence-corrected chi connectivity index (χ0v) is 14.9. The molecule has 122 valence electrons. The Morgan fingerprint density at radius 3 is 2.64 bits per heavy atom. The molecule has 0 aromatic heterocycles. The molecule has 2 aliphatic rings. The van der Waals surface area contributed by atoms with Crippen LogP contribution in [0.15, 0.2) is 18.2 Å². The Morgan fingerprint density at radius 2 is 2.05 bits per heavy atom. The molecular weight excluding hydrogens is 272 g/mol. The van der Waals surface area contributed by atoms with Gasteiger partial charge < -0.3 is 15.0 Å². The fourth-order valence-electron chi connectivity index (χ4n) is 5.52. The van der Waals surface area contributed by atoms with Crippen molar-refractivity contribution in [3.05, 3.63) is 29.3 Å². The van der Waals surface area contributed by atoms with E-state index in [1.807, 2.05) is 0 Å². The third-order valence-electron chi connectivity index (χ3n) is 5.99. The lowest BCUT2D eigenvalue weighted by Crippen LogP contribution is -2.54. The summed E-state index contributed by atoms with van der Waals surface area (Å²) in [4.78, 5) is 2.43. The quantitative estimate of drug-likeness (QED) is 0.925. The zero-order valence-electron chi connectivity index (χ0n) is 14.9. The van der Waals surface area contributed by atoms with Crippen molar-refractivity contribution < 1.29 is 4.74 Å². The number of nitrogens with zero attached hydrogens (tertiary/aromatic N) is 1. The average molecular weight is 302 g/mol. The summed E-state index contributed by atoms with van der Waals surface area (Å²) in [5.74, 6) is 0.979. The lowest BCUT2D eigenvalue weighted by molar-refractivity contribution is 0.131. The molecule has 1 unspecified atom stereocenters. The fraction of sp³-hybridized carbons (Fsp3) is 0.684. The molecule has 0 saturated heterocycles. The van der Waals surface area contributed by atoms with Crippen molar-refractivity contribution >= 4 is 0 Å². The van der Waals surface area contributed by atoms with Gasteiger partial charge in [0.1, 0.15) is 5.75 Å². The molecule has 0 amide bonds. The van der Waals surface area contributed by atoms with Crippen LogP contribution in [0.2, 0.25) is 0 Å². The zero-order chi connectivity index (χ0) is 16.1. The smallest absolute Gasteiger partial charge is 0.119 e. The number of ether oxygens (including phenoxy) is 1. The van der Waals surface area contributed by atoms with E-state index >= 15 is 0 Å². The van der Waals surface area contributed by atoms with Crippen molar-refractivity contribution in [2.45, 2.75) is 51.1 Å². The maximum atomic E-state index is 5.50. The van der Waals surface area contributed by atoms with Crippen LogP contribution in [0.3, 0.4) is 0 Å². The van der Waals surface area contributed by atoms with Crippen LogP contribution in [0, 0.1) is 5.41 Å². The molecule has 2 bridgehead atoms. The predicted octanol–water partition coefficient (Wildman–Crippen LogP) is 2.83. The summed E-state index contributed by atoms with van der Waals surface area (Å²) in [7, 11) is 6.22. The molecule has 1 saturated carbocycles. The van der Waals surface area contributed by atoms with E-state index in [2.05, 4.69) is 63.3 Å². The number of hydrogen-bond acceptors (Lipinski definition) is 3. The molecule has 0 heterocycles. The van der Waals surface area contributed by atoms with Crippen molar-refractivity contribution in [1.82, 2.24) is 10.2 Å². The van der Waals surface area contributed by atoms with Crippen LogP contribution in [0.4, 0.5) is 0 Å². The van der Waals surface area contributed by atoms with E-state index in [1.165, 1.54) is 17.5 Å². The van der Waals surface area contributed by atoms with Gasteiger partial charge in [-0.2, -0.15) is 0 Å². The number of nitrogens with one attached hydrogen (secondary N) is 1. The standard InChI is InChI=1S/C19H30N2O/c1-7-20-16-17(21(4)5)18(2)11-13-8-9-14(22-6)10-15(13)19(16,3)12-18/h8-10,16-17,20H,7,11-12H2,1-6H3/t16-,17-,18-,19?/m0/s1. The molecule has 1 N–H and O–H groups in total. The molecule has 3 nitrogen and oxygen atoms in total. The average Bonchev–Trinajstić information content (AvgIpc) is 2.64. The molecule has 1 fully saturated rings. The Hall–Kier alpha value is -1.06. The third-order valence-corrected chi connectivity index (χ3v) is 5.99. The number of likely N-dealkylation sites (N-methyl/N-ethyl adjacent to an activating group) is 2. The highest BCUT2D eigenvalue weighted by atomic mass is 16.5. The minimum absolute atomic E-state index is 0.168. The summed E-state index contributed by atoms with van der Waals surface area (Å²) >= 11 is 0. The van der Waals surface area contributed by atoms with Gasteiger partial charge in [-0.3, -0.25) is 0 Å². The van der Waals surface area contributed by atoms with Crippen LogP contribution in [-0.4, -0.2) is 44.7 Å². The Bertz CT molecular complexity index is 571. The summed E-state index contributed by atoms with van der Waals surface area (Å²) in [6.07, 6.45) is 2.40. The number of hydrogen-bond donors (Lipinski definition) is 1. The van der Waals surface area contributed by atoms with Crippen molar-refractivity contribution in [3.8, 4) is 5.75 Å². The Morgan fingerprint density at radius 1 is 1.32 bits per heavy atom. The van der Waals surface area contributed by atoms with E-state index in [1.54, 1.807) is 7.11 Å². The van der Waals surface area contributed by atoms with Crippen LogP contribution < -0.4 is 10.1 Å². The van der Waals surface area contributed by atoms with E-state index in [9.17, 15) is 0 Å². The van der Waals surface area contributed by atoms with Crippen LogP contribution in [-0.2, 0) is 11.8 Å². The highest BCUT2D eigenvalue weighted by Crippen LogP contribution is 2.58. The highest BCUT2D eigenvalue weighted by Gasteiger charge is 2.60. The minimum Gasteiger partial charge on any atom is -0.497 e. The van der Waals surface area contributed by atoms with E-state index in [0.29, 0.717) is 17.5 Å². The van der Waals surface area contributed by atoms with Crippen LogP contribution >= 0.6 is 0 Å². The van der Waals surface area contributed by atoms with E-state index in [-0.39, 0.29) is 5.41 Å². The van der Waals surface area contributed by atoms with Crippen LogP contribution in [0.25, 0.3) is 0 Å². The second-order valence-electron chi connectivity index (χ2n) is 7.89. The van der Waals surface area contributed by atoms with Crippen LogP contribution in [0.5, 0.6) is 5.75 Å². The monoisotopic (exact) mass is 302 g/mol. The number of benzene rings is 1. The summed E-state index contributed by atoms with van der Waals surface area (Å²) in [6.45, 7) is 8.15. The van der Waals surface area contributed by atoms with Gasteiger partial charge in [-0.1, -0.05) is 26.8 Å². The van der Waals surface area contributed by atoms with Gasteiger partial charge in [-0.05, 0) is 62.2 Å². The molecule has 0 radical (unpaired) electrons. The summed E-state index contributed by atoms with van der Waals surface area (Å²) in [6, 6.07) is 7.70. The lowest BCUT2D eigenvalue weighted by Gasteiger charge is -2.39. The van der Waals surface area contributed by atoms with Gasteiger partial charge in [0, 0.05) is 17.5 Å². The van der Waals surface area contributed by atoms with Crippen LogP contribution in [0.1, 0.15) is 38.3 Å². The van der Waals surface area contributed by atoms with E-state index in [0.717, 1.165) is 18.7 Å². The first-order valence-electron chi connectivity index (χ1n) is 8.43. The van der Waals surface area contributed by atoms with Gasteiger partial charge in [-0.15, -0.1) is 0 Å². The number of rotatable bonds is 4. The SMILES string of the molecule is CCN[C@H]1[C@H](N(C)C)[C@@]2(C)Cc3ccc(OC)cc3C1(C)C2. The topological polar surface area (TPSA) is 24.5 Å². The van der Waals surface area contributed by atoms with E-state index in [4.69, 9.17) is 4.74 Å². The van der Waals surface area contributed by atoms with Gasteiger partial charge in [0.2, 0.25) is 0 Å². The van der Waals surface area contributed by atoms with Gasteiger partial charge in [0.25, 0.3) is 0 Å². The second kappa shape index (κ2) is 5.24. The molecular formula is C19H30N2O. The lowest BCUT2D eigenvalue weighted by atomic mass is 9.66. The van der Waals surface area contributed by atoms with Crippen molar-refractivity contribution in [1.29, 1.82) is 0 Å². The maximum absolute atomic E-state index is 5.50. The first-order valence-corrected chi connectivity index (χ1v) is 8.43. The van der Waals surface area contributed by atoms with Gasteiger partial charge in [-0.25, -0.2) is 0 Å². The molecule has 0 aliphatic heterocycles. The third kappa shape index (κ3) is 2.10. The van der Waals surface area contributed by atoms with Crippen molar-refractivity contribution in [2.24, 2.45) is 5.41 Å². The molecule has 2 aliphatic carbocycles. The van der Waals surface area contributed by atoms with Gasteiger partial charge in [0.15, 0.2) is 0 Å². The first-order chi connectivity index (χ1) is 10.4. The van der Waals surface area contributed by atoms with Crippen molar-refractivity contribution in [3.63, 3.8) is 0 Å². The molecule has 22 heavy (non-hydrogen) atoms. The fourth-order valence-corrected chi connectivity index (χ4v) is 5.52. The number of fused-ring (bicyclic) bond motifs is 4. The Labute approximate surface area is 135 Å². The summed E-state index contributed by atoms with van der Waals surface area (Å²) in [5, 5.41) is 3.81. The largest absolute Gasteiger partial charge is 0.497 e. The second-order valence-corrected chi connectivity index (χ2v) is 7.89. The molecule has 3 rings (SSSR count). The van der Waals surface area contributed by atoms with E-state index < -0.39 is 0 Å².